The second kappa shape index (κ2) is 7.68. The highest BCUT2D eigenvalue weighted by Gasteiger charge is 2.23. The van der Waals surface area contributed by atoms with E-state index in [1.807, 2.05) is 19.1 Å². The minimum Gasteiger partial charge on any atom is -0.267 e. The molecule has 0 radical (unpaired) electrons. The Hall–Kier alpha value is -1.37. The van der Waals surface area contributed by atoms with E-state index in [0.29, 0.717) is 23.2 Å². The molecule has 1 aromatic heterocycles. The molecule has 1 aromatic carbocycles. The second-order valence-corrected chi connectivity index (χ2v) is 8.35. The zero-order valence-electron chi connectivity index (χ0n) is 14.5. The van der Waals surface area contributed by atoms with E-state index in [0.717, 1.165) is 12.0 Å². The van der Waals surface area contributed by atoms with Gasteiger partial charge in [0.1, 0.15) is 0 Å². The standard InChI is InChI=1S/C17H24ClN3O2S/c1-5-13(3)14-7-9-15(10-8-14)24(22,23)20(4)12-17-16(18)11-19-21(17)6-2/h7-11,13H,5-6,12H2,1-4H3. The van der Waals surface area contributed by atoms with Gasteiger partial charge in [-0.1, -0.05) is 37.6 Å². The van der Waals surface area contributed by atoms with Crippen LogP contribution < -0.4 is 0 Å². The van der Waals surface area contributed by atoms with Crippen molar-refractivity contribution in [3.05, 3.63) is 46.7 Å². The van der Waals surface area contributed by atoms with Crippen molar-refractivity contribution < 1.29 is 8.42 Å². The zero-order valence-corrected chi connectivity index (χ0v) is 16.1. The maximum atomic E-state index is 12.8. The Bertz CT molecular complexity index is 785. The van der Waals surface area contributed by atoms with Gasteiger partial charge in [-0.25, -0.2) is 8.42 Å². The first-order valence-electron chi connectivity index (χ1n) is 8.07. The second-order valence-electron chi connectivity index (χ2n) is 5.89. The SMILES string of the molecule is CCC(C)c1ccc(S(=O)(=O)N(C)Cc2c(Cl)cnn2CC)cc1. The summed E-state index contributed by atoms with van der Waals surface area (Å²) in [4.78, 5) is 0.288. The largest absolute Gasteiger partial charge is 0.267 e. The molecule has 2 aromatic rings. The summed E-state index contributed by atoms with van der Waals surface area (Å²) in [5.41, 5.74) is 1.84. The molecule has 0 aliphatic heterocycles. The van der Waals surface area contributed by atoms with Crippen molar-refractivity contribution >= 4 is 21.6 Å². The van der Waals surface area contributed by atoms with Gasteiger partial charge in [-0.3, -0.25) is 4.68 Å². The first-order chi connectivity index (χ1) is 11.3. The maximum absolute atomic E-state index is 12.8. The molecule has 132 valence electrons. The van der Waals surface area contributed by atoms with Crippen LogP contribution in [0, 0.1) is 0 Å². The molecule has 24 heavy (non-hydrogen) atoms. The van der Waals surface area contributed by atoms with Gasteiger partial charge in [-0.05, 0) is 37.0 Å². The van der Waals surface area contributed by atoms with Gasteiger partial charge in [0.05, 0.1) is 28.4 Å². The summed E-state index contributed by atoms with van der Waals surface area (Å²) < 4.78 is 28.6. The molecule has 0 saturated carbocycles. The number of halogens is 1. The molecule has 0 N–H and O–H groups in total. The number of hydrogen-bond donors (Lipinski definition) is 0. The van der Waals surface area contributed by atoms with Crippen molar-refractivity contribution in [2.24, 2.45) is 0 Å². The highest BCUT2D eigenvalue weighted by Crippen LogP contribution is 2.24. The Morgan fingerprint density at radius 1 is 1.25 bits per heavy atom. The molecule has 1 heterocycles. The Balaban J connectivity index is 2.24. The molecular weight excluding hydrogens is 346 g/mol. The number of aryl methyl sites for hydroxylation is 1. The van der Waals surface area contributed by atoms with Gasteiger partial charge in [0.25, 0.3) is 0 Å². The summed E-state index contributed by atoms with van der Waals surface area (Å²) in [6, 6.07) is 7.12. The zero-order chi connectivity index (χ0) is 17.9. The van der Waals surface area contributed by atoms with Crippen LogP contribution in [-0.2, 0) is 23.1 Å². The van der Waals surface area contributed by atoms with E-state index in [2.05, 4.69) is 18.9 Å². The smallest absolute Gasteiger partial charge is 0.243 e. The molecule has 0 bridgehead atoms. The maximum Gasteiger partial charge on any atom is 0.243 e. The number of hydrogen-bond acceptors (Lipinski definition) is 3. The molecule has 0 aliphatic carbocycles. The number of aromatic nitrogens is 2. The van der Waals surface area contributed by atoms with Crippen LogP contribution in [0.15, 0.2) is 35.4 Å². The third-order valence-corrected chi connectivity index (χ3v) is 6.47. The highest BCUT2D eigenvalue weighted by molar-refractivity contribution is 7.89. The first kappa shape index (κ1) is 19.0. The number of nitrogens with zero attached hydrogens (tertiary/aromatic N) is 3. The summed E-state index contributed by atoms with van der Waals surface area (Å²) in [6.07, 6.45) is 2.56. The third kappa shape index (κ3) is 3.82. The van der Waals surface area contributed by atoms with Crippen LogP contribution in [0.4, 0.5) is 0 Å². The number of rotatable bonds is 7. The van der Waals surface area contributed by atoms with Crippen molar-refractivity contribution in [3.63, 3.8) is 0 Å². The molecule has 0 amide bonds. The Labute approximate surface area is 149 Å². The van der Waals surface area contributed by atoms with Crippen molar-refractivity contribution in [2.75, 3.05) is 7.05 Å². The van der Waals surface area contributed by atoms with E-state index >= 15 is 0 Å². The molecule has 0 saturated heterocycles. The van der Waals surface area contributed by atoms with Crippen LogP contribution in [0.1, 0.15) is 44.4 Å². The highest BCUT2D eigenvalue weighted by atomic mass is 35.5. The number of sulfonamides is 1. The first-order valence-corrected chi connectivity index (χ1v) is 9.89. The lowest BCUT2D eigenvalue weighted by Gasteiger charge is -2.18. The molecule has 1 unspecified atom stereocenters. The molecule has 0 fully saturated rings. The average molecular weight is 370 g/mol. The van der Waals surface area contributed by atoms with E-state index in [4.69, 9.17) is 11.6 Å². The fraction of sp³-hybridized carbons (Fsp3) is 0.471. The van der Waals surface area contributed by atoms with Gasteiger partial charge in [0.2, 0.25) is 10.0 Å². The Kier molecular flexibility index (Phi) is 6.06. The van der Waals surface area contributed by atoms with Crippen molar-refractivity contribution in [2.45, 2.75) is 51.1 Å². The van der Waals surface area contributed by atoms with Crippen LogP contribution in [0.25, 0.3) is 0 Å². The Morgan fingerprint density at radius 2 is 1.88 bits per heavy atom. The third-order valence-electron chi connectivity index (χ3n) is 4.34. The lowest BCUT2D eigenvalue weighted by Crippen LogP contribution is -2.27. The van der Waals surface area contributed by atoms with Gasteiger partial charge in [0.15, 0.2) is 0 Å². The van der Waals surface area contributed by atoms with E-state index in [9.17, 15) is 8.42 Å². The molecule has 5 nitrogen and oxygen atoms in total. The molecule has 2 rings (SSSR count). The molecular formula is C17H24ClN3O2S. The minimum absolute atomic E-state index is 0.183. The summed E-state index contributed by atoms with van der Waals surface area (Å²) in [5.74, 6) is 0.414. The van der Waals surface area contributed by atoms with E-state index < -0.39 is 10.0 Å². The summed E-state index contributed by atoms with van der Waals surface area (Å²) in [5, 5.41) is 4.62. The van der Waals surface area contributed by atoms with E-state index in [1.54, 1.807) is 30.1 Å². The fourth-order valence-corrected chi connectivity index (χ4v) is 3.83. The van der Waals surface area contributed by atoms with Crippen molar-refractivity contribution in [1.82, 2.24) is 14.1 Å². The molecule has 0 spiro atoms. The lowest BCUT2D eigenvalue weighted by atomic mass is 9.99. The van der Waals surface area contributed by atoms with Gasteiger partial charge in [-0.15, -0.1) is 0 Å². The van der Waals surface area contributed by atoms with E-state index in [-0.39, 0.29) is 11.4 Å². The minimum atomic E-state index is -3.57. The van der Waals surface area contributed by atoms with Crippen LogP contribution in [-0.4, -0.2) is 29.6 Å². The quantitative estimate of drug-likeness (QED) is 0.743. The van der Waals surface area contributed by atoms with Crippen molar-refractivity contribution in [1.29, 1.82) is 0 Å². The monoisotopic (exact) mass is 369 g/mol. The average Bonchev–Trinajstić information content (AvgIpc) is 2.94. The van der Waals surface area contributed by atoms with Gasteiger partial charge in [0, 0.05) is 13.6 Å². The van der Waals surface area contributed by atoms with Crippen LogP contribution in [0.3, 0.4) is 0 Å². The van der Waals surface area contributed by atoms with E-state index in [1.165, 1.54) is 4.31 Å². The fourth-order valence-electron chi connectivity index (χ4n) is 2.50. The normalized spacial score (nSPS) is 13.4. The van der Waals surface area contributed by atoms with Gasteiger partial charge in [-0.2, -0.15) is 9.40 Å². The number of benzene rings is 1. The molecule has 0 aliphatic rings. The predicted molar refractivity (Wildman–Crippen MR) is 96.7 cm³/mol. The topological polar surface area (TPSA) is 55.2 Å². The van der Waals surface area contributed by atoms with Crippen LogP contribution >= 0.6 is 11.6 Å². The van der Waals surface area contributed by atoms with Crippen LogP contribution in [0.2, 0.25) is 5.02 Å². The summed E-state index contributed by atoms with van der Waals surface area (Å²) in [7, 11) is -2.02. The van der Waals surface area contributed by atoms with Gasteiger partial charge >= 0.3 is 0 Å². The summed E-state index contributed by atoms with van der Waals surface area (Å²) >= 11 is 6.13. The van der Waals surface area contributed by atoms with Gasteiger partial charge < -0.3 is 0 Å². The predicted octanol–water partition coefficient (Wildman–Crippen LogP) is 3.89. The Morgan fingerprint density at radius 3 is 2.42 bits per heavy atom. The lowest BCUT2D eigenvalue weighted by molar-refractivity contribution is 0.447. The van der Waals surface area contributed by atoms with Crippen molar-refractivity contribution in [3.8, 4) is 0 Å². The summed E-state index contributed by atoms with van der Waals surface area (Å²) in [6.45, 7) is 7.00. The molecule has 7 heteroatoms. The van der Waals surface area contributed by atoms with Crippen LogP contribution in [0.5, 0.6) is 0 Å². The molecule has 1 atom stereocenters.